The van der Waals surface area contributed by atoms with Crippen LogP contribution in [0.3, 0.4) is 0 Å². The summed E-state index contributed by atoms with van der Waals surface area (Å²) >= 11 is 1.59. The number of alkyl halides is 3. The van der Waals surface area contributed by atoms with Crippen LogP contribution in [0, 0.1) is 0 Å². The number of nitrogens with one attached hydrogen (secondary N) is 1. The fourth-order valence-electron chi connectivity index (χ4n) is 1.99. The number of nitrogens with zero attached hydrogens (tertiary/aromatic N) is 1. The minimum absolute atomic E-state index is 0.239. The van der Waals surface area contributed by atoms with E-state index in [2.05, 4.69) is 10.1 Å². The molecule has 1 heterocycles. The summed E-state index contributed by atoms with van der Waals surface area (Å²) in [5.41, 5.74) is 1.53. The number of benzene rings is 1. The monoisotopic (exact) mass is 358 g/mol. The predicted octanol–water partition coefficient (Wildman–Crippen LogP) is 4.11. The smallest absolute Gasteiger partial charge is 0.406 e. The van der Waals surface area contributed by atoms with Gasteiger partial charge in [0.05, 0.1) is 6.04 Å². The summed E-state index contributed by atoms with van der Waals surface area (Å²) in [5, 5.41) is 6.66. The maximum atomic E-state index is 12.2. The Bertz CT molecular complexity index is 657. The second-order valence-corrected chi connectivity index (χ2v) is 6.06. The first-order chi connectivity index (χ1) is 11.2. The third-order valence-electron chi connectivity index (χ3n) is 3.41. The van der Waals surface area contributed by atoms with Crippen LogP contribution in [0.25, 0.3) is 0 Å². The number of halogens is 3. The fourth-order valence-corrected chi connectivity index (χ4v) is 2.65. The normalized spacial score (nSPS) is 12.9. The lowest BCUT2D eigenvalue weighted by Gasteiger charge is -2.23. The van der Waals surface area contributed by atoms with E-state index in [4.69, 9.17) is 0 Å². The van der Waals surface area contributed by atoms with Crippen molar-refractivity contribution in [1.82, 2.24) is 4.90 Å². The molecular formula is C16H17F3N2O2S. The molecule has 1 amide bonds. The molecule has 1 N–H and O–H groups in total. The van der Waals surface area contributed by atoms with E-state index in [0.717, 1.165) is 17.7 Å². The predicted molar refractivity (Wildman–Crippen MR) is 87.0 cm³/mol. The molecular weight excluding hydrogens is 341 g/mol. The molecule has 0 spiro atoms. The van der Waals surface area contributed by atoms with Gasteiger partial charge in [0.2, 0.25) is 5.91 Å². The molecule has 1 aromatic carbocycles. The highest BCUT2D eigenvalue weighted by Crippen LogP contribution is 2.24. The number of anilines is 1. The Morgan fingerprint density at radius 3 is 2.50 bits per heavy atom. The van der Waals surface area contributed by atoms with E-state index in [1.807, 2.05) is 28.8 Å². The van der Waals surface area contributed by atoms with Gasteiger partial charge >= 0.3 is 6.36 Å². The van der Waals surface area contributed by atoms with Gasteiger partial charge in [-0.2, -0.15) is 11.3 Å². The van der Waals surface area contributed by atoms with Crippen molar-refractivity contribution in [2.75, 3.05) is 12.4 Å². The second-order valence-electron chi connectivity index (χ2n) is 5.28. The first-order valence-corrected chi connectivity index (χ1v) is 8.07. The molecule has 0 aliphatic rings. The summed E-state index contributed by atoms with van der Waals surface area (Å²) in [6, 6.07) is 6.64. The van der Waals surface area contributed by atoms with Crippen LogP contribution in [0.5, 0.6) is 5.75 Å². The van der Waals surface area contributed by atoms with Gasteiger partial charge < -0.3 is 10.1 Å². The maximum Gasteiger partial charge on any atom is 0.573 e. The highest BCUT2D eigenvalue weighted by atomic mass is 32.1. The van der Waals surface area contributed by atoms with Crippen molar-refractivity contribution in [2.24, 2.45) is 0 Å². The topological polar surface area (TPSA) is 41.6 Å². The van der Waals surface area contributed by atoms with Crippen LogP contribution in [-0.2, 0) is 11.3 Å². The van der Waals surface area contributed by atoms with Crippen molar-refractivity contribution >= 4 is 22.9 Å². The van der Waals surface area contributed by atoms with Gasteiger partial charge in [-0.05, 0) is 60.6 Å². The van der Waals surface area contributed by atoms with Gasteiger partial charge in [-0.3, -0.25) is 9.69 Å². The van der Waals surface area contributed by atoms with E-state index in [9.17, 15) is 18.0 Å². The lowest BCUT2D eigenvalue weighted by molar-refractivity contribution is -0.274. The second kappa shape index (κ2) is 7.67. The SMILES string of the molecule is C[C@H](C(=O)Nc1ccc(OC(F)(F)F)cc1)N(C)Cc1ccsc1. The third kappa shape index (κ3) is 5.54. The van der Waals surface area contributed by atoms with Gasteiger partial charge in [-0.25, -0.2) is 0 Å². The first kappa shape index (κ1) is 18.3. The van der Waals surface area contributed by atoms with Crippen molar-refractivity contribution in [3.63, 3.8) is 0 Å². The molecule has 1 aromatic heterocycles. The summed E-state index contributed by atoms with van der Waals surface area (Å²) in [5.74, 6) is -0.569. The highest BCUT2D eigenvalue weighted by molar-refractivity contribution is 7.07. The van der Waals surface area contributed by atoms with Crippen molar-refractivity contribution in [3.8, 4) is 5.75 Å². The number of amides is 1. The summed E-state index contributed by atoms with van der Waals surface area (Å²) < 4.78 is 40.1. The average Bonchev–Trinajstić information content (AvgIpc) is 2.99. The number of hydrogen-bond acceptors (Lipinski definition) is 4. The quantitative estimate of drug-likeness (QED) is 0.845. The zero-order valence-corrected chi connectivity index (χ0v) is 13.9. The largest absolute Gasteiger partial charge is 0.573 e. The van der Waals surface area contributed by atoms with Gasteiger partial charge in [-0.1, -0.05) is 0 Å². The van der Waals surface area contributed by atoms with Crippen LogP contribution < -0.4 is 10.1 Å². The molecule has 2 rings (SSSR count). The average molecular weight is 358 g/mol. The Hall–Kier alpha value is -2.06. The van der Waals surface area contributed by atoms with Crippen LogP contribution in [-0.4, -0.2) is 30.3 Å². The van der Waals surface area contributed by atoms with Crippen molar-refractivity contribution in [3.05, 3.63) is 46.7 Å². The number of carbonyl (C=O) groups excluding carboxylic acids is 1. The van der Waals surface area contributed by atoms with Crippen LogP contribution in [0.1, 0.15) is 12.5 Å². The summed E-state index contributed by atoms with van der Waals surface area (Å²) in [4.78, 5) is 14.1. The van der Waals surface area contributed by atoms with E-state index in [1.54, 1.807) is 18.3 Å². The Kier molecular flexibility index (Phi) is 5.84. The van der Waals surface area contributed by atoms with Gasteiger partial charge in [0.1, 0.15) is 5.75 Å². The van der Waals surface area contributed by atoms with E-state index in [0.29, 0.717) is 12.2 Å². The Morgan fingerprint density at radius 1 is 1.29 bits per heavy atom. The molecule has 0 radical (unpaired) electrons. The van der Waals surface area contributed by atoms with Crippen LogP contribution in [0.15, 0.2) is 41.1 Å². The van der Waals surface area contributed by atoms with Crippen molar-refractivity contribution in [1.29, 1.82) is 0 Å². The molecule has 2 aromatic rings. The van der Waals surface area contributed by atoms with Crippen molar-refractivity contribution < 1.29 is 22.7 Å². The summed E-state index contributed by atoms with van der Waals surface area (Å²) in [6.45, 7) is 2.40. The van der Waals surface area contributed by atoms with Gasteiger partial charge in [0.25, 0.3) is 0 Å². The van der Waals surface area contributed by atoms with Gasteiger partial charge in [-0.15, -0.1) is 13.2 Å². The number of ether oxygens (including phenoxy) is 1. The van der Waals surface area contributed by atoms with Crippen LogP contribution >= 0.6 is 11.3 Å². The standard InChI is InChI=1S/C16H17F3N2O2S/c1-11(21(2)9-12-7-8-24-10-12)15(22)20-13-3-5-14(6-4-13)23-16(17,18)19/h3-8,10-11H,9H2,1-2H3,(H,20,22)/t11-/m1/s1. The number of likely N-dealkylation sites (N-methyl/N-ethyl adjacent to an activating group) is 1. The lowest BCUT2D eigenvalue weighted by Crippen LogP contribution is -2.39. The minimum Gasteiger partial charge on any atom is -0.406 e. The van der Waals surface area contributed by atoms with E-state index < -0.39 is 12.4 Å². The molecule has 0 fully saturated rings. The lowest BCUT2D eigenvalue weighted by atomic mass is 10.2. The maximum absolute atomic E-state index is 12.2. The Balaban J connectivity index is 1.91. The molecule has 8 heteroatoms. The summed E-state index contributed by atoms with van der Waals surface area (Å²) in [7, 11) is 1.84. The number of thiophene rings is 1. The molecule has 130 valence electrons. The number of carbonyl (C=O) groups is 1. The van der Waals surface area contributed by atoms with Gasteiger partial charge in [0, 0.05) is 12.2 Å². The minimum atomic E-state index is -4.73. The van der Waals surface area contributed by atoms with Crippen LogP contribution in [0.2, 0.25) is 0 Å². The zero-order chi connectivity index (χ0) is 17.7. The van der Waals surface area contributed by atoms with E-state index in [-0.39, 0.29) is 11.7 Å². The Labute approximate surface area is 141 Å². The number of rotatable bonds is 6. The molecule has 0 aliphatic carbocycles. The summed E-state index contributed by atoms with van der Waals surface area (Å²) in [6.07, 6.45) is -4.73. The molecule has 24 heavy (non-hydrogen) atoms. The fraction of sp³-hybridized carbons (Fsp3) is 0.312. The van der Waals surface area contributed by atoms with E-state index >= 15 is 0 Å². The van der Waals surface area contributed by atoms with Crippen LogP contribution in [0.4, 0.5) is 18.9 Å². The molecule has 0 saturated heterocycles. The molecule has 0 bridgehead atoms. The zero-order valence-electron chi connectivity index (χ0n) is 13.1. The molecule has 0 aliphatic heterocycles. The van der Waals surface area contributed by atoms with Gasteiger partial charge in [0.15, 0.2) is 0 Å². The molecule has 0 saturated carbocycles. The molecule has 1 atom stereocenters. The third-order valence-corrected chi connectivity index (χ3v) is 4.14. The Morgan fingerprint density at radius 2 is 1.96 bits per heavy atom. The molecule has 0 unspecified atom stereocenters. The van der Waals surface area contributed by atoms with E-state index in [1.165, 1.54) is 12.1 Å². The molecule has 4 nitrogen and oxygen atoms in total. The van der Waals surface area contributed by atoms with Crippen molar-refractivity contribution in [2.45, 2.75) is 25.9 Å². The highest BCUT2D eigenvalue weighted by Gasteiger charge is 2.31. The first-order valence-electron chi connectivity index (χ1n) is 7.12. The number of hydrogen-bond donors (Lipinski definition) is 1.